The molecule has 22 heavy (non-hydrogen) atoms. The molecule has 2 atom stereocenters. The van der Waals surface area contributed by atoms with Crippen molar-refractivity contribution >= 4 is 11.8 Å². The van der Waals surface area contributed by atoms with E-state index in [4.69, 9.17) is 9.47 Å². The molecule has 0 radical (unpaired) electrons. The van der Waals surface area contributed by atoms with Gasteiger partial charge in [-0.15, -0.1) is 0 Å². The number of rotatable bonds is 8. The average molecular weight is 309 g/mol. The molecule has 0 spiro atoms. The Morgan fingerprint density at radius 2 is 1.95 bits per heavy atom. The predicted molar refractivity (Wildman–Crippen MR) is 78.4 cm³/mol. The molecule has 0 saturated carbocycles. The molecule has 0 amide bonds. The number of nitro groups is 1. The van der Waals surface area contributed by atoms with Crippen LogP contribution in [0.1, 0.15) is 25.3 Å². The van der Waals surface area contributed by atoms with Crippen molar-refractivity contribution in [3.8, 4) is 5.75 Å². The Morgan fingerprint density at radius 3 is 2.45 bits per heavy atom. The number of nitrogens with zero attached hydrogens (tertiary/aromatic N) is 1. The largest absolute Gasteiger partial charge is 0.496 e. The van der Waals surface area contributed by atoms with E-state index in [9.17, 15) is 19.7 Å². The highest BCUT2D eigenvalue weighted by atomic mass is 16.6. The van der Waals surface area contributed by atoms with Gasteiger partial charge in [-0.05, 0) is 19.9 Å². The van der Waals surface area contributed by atoms with Gasteiger partial charge in [-0.1, -0.05) is 18.2 Å². The third-order valence-corrected chi connectivity index (χ3v) is 3.27. The molecule has 7 nitrogen and oxygen atoms in total. The first-order valence-electron chi connectivity index (χ1n) is 6.84. The van der Waals surface area contributed by atoms with Gasteiger partial charge in [0.25, 0.3) is 0 Å². The Hall–Kier alpha value is -2.44. The number of carbonyl (C=O) groups is 2. The second-order valence-electron chi connectivity index (χ2n) is 4.70. The van der Waals surface area contributed by atoms with E-state index in [1.165, 1.54) is 14.0 Å². The van der Waals surface area contributed by atoms with Crippen molar-refractivity contribution in [1.82, 2.24) is 0 Å². The highest BCUT2D eigenvalue weighted by molar-refractivity contribution is 5.99. The first kappa shape index (κ1) is 17.6. The number of ether oxygens (including phenoxy) is 2. The van der Waals surface area contributed by atoms with Crippen molar-refractivity contribution in [2.75, 3.05) is 20.3 Å². The first-order chi connectivity index (χ1) is 10.4. The number of esters is 1. The van der Waals surface area contributed by atoms with Gasteiger partial charge in [0.05, 0.1) is 19.6 Å². The molecule has 1 rings (SSSR count). The van der Waals surface area contributed by atoms with Crippen molar-refractivity contribution in [1.29, 1.82) is 0 Å². The molecule has 0 N–H and O–H groups in total. The van der Waals surface area contributed by atoms with Crippen molar-refractivity contribution < 1.29 is 24.0 Å². The zero-order valence-electron chi connectivity index (χ0n) is 12.8. The fourth-order valence-corrected chi connectivity index (χ4v) is 2.36. The van der Waals surface area contributed by atoms with Gasteiger partial charge in [-0.3, -0.25) is 19.7 Å². The number of ketones is 1. The lowest BCUT2D eigenvalue weighted by Crippen LogP contribution is -2.34. The van der Waals surface area contributed by atoms with E-state index in [-0.39, 0.29) is 6.61 Å². The quantitative estimate of drug-likeness (QED) is 0.314. The van der Waals surface area contributed by atoms with E-state index in [0.717, 1.165) is 0 Å². The van der Waals surface area contributed by atoms with E-state index in [1.807, 2.05) is 0 Å². The van der Waals surface area contributed by atoms with Crippen LogP contribution in [0.4, 0.5) is 0 Å². The lowest BCUT2D eigenvalue weighted by molar-refractivity contribution is -0.484. The summed E-state index contributed by atoms with van der Waals surface area (Å²) in [6.07, 6.45) is 0. The summed E-state index contributed by atoms with van der Waals surface area (Å²) >= 11 is 0. The third-order valence-electron chi connectivity index (χ3n) is 3.27. The Balaban J connectivity index is 3.33. The van der Waals surface area contributed by atoms with Crippen molar-refractivity contribution in [3.05, 3.63) is 39.9 Å². The molecular weight excluding hydrogens is 290 g/mol. The van der Waals surface area contributed by atoms with E-state index in [2.05, 4.69) is 0 Å². The Labute approximate surface area is 128 Å². The van der Waals surface area contributed by atoms with Crippen LogP contribution < -0.4 is 4.74 Å². The molecule has 1 aromatic rings. The van der Waals surface area contributed by atoms with Crippen LogP contribution in [-0.2, 0) is 14.3 Å². The summed E-state index contributed by atoms with van der Waals surface area (Å²) in [4.78, 5) is 34.4. The summed E-state index contributed by atoms with van der Waals surface area (Å²) in [6, 6.07) is 6.62. The Morgan fingerprint density at radius 1 is 1.32 bits per heavy atom. The normalized spacial score (nSPS) is 13.0. The van der Waals surface area contributed by atoms with Gasteiger partial charge in [0, 0.05) is 10.5 Å². The smallest absolute Gasteiger partial charge is 0.317 e. The SMILES string of the molecule is CCOC(=O)[C@H](C(C)=O)[C@@H](C[N+](=O)[O-])c1ccccc1OC. The van der Waals surface area contributed by atoms with Crippen LogP contribution in [0.15, 0.2) is 24.3 Å². The van der Waals surface area contributed by atoms with E-state index in [1.54, 1.807) is 31.2 Å². The van der Waals surface area contributed by atoms with E-state index in [0.29, 0.717) is 11.3 Å². The van der Waals surface area contributed by atoms with Crippen LogP contribution in [0.3, 0.4) is 0 Å². The molecule has 120 valence electrons. The van der Waals surface area contributed by atoms with Gasteiger partial charge in [-0.2, -0.15) is 0 Å². The first-order valence-corrected chi connectivity index (χ1v) is 6.84. The van der Waals surface area contributed by atoms with Gasteiger partial charge in [-0.25, -0.2) is 0 Å². The number of benzene rings is 1. The number of Topliss-reactive ketones (excluding diaryl/α,β-unsaturated/α-hetero) is 1. The van der Waals surface area contributed by atoms with Gasteiger partial charge < -0.3 is 9.47 Å². The summed E-state index contributed by atoms with van der Waals surface area (Å²) in [6.45, 7) is 2.37. The molecule has 0 bridgehead atoms. The molecule has 0 heterocycles. The molecule has 0 aliphatic rings. The van der Waals surface area contributed by atoms with Crippen LogP contribution in [0.5, 0.6) is 5.75 Å². The molecule has 0 saturated heterocycles. The predicted octanol–water partition coefficient (Wildman–Crippen LogP) is 1.82. The summed E-state index contributed by atoms with van der Waals surface area (Å²) in [5.41, 5.74) is 0.440. The lowest BCUT2D eigenvalue weighted by Gasteiger charge is -2.22. The van der Waals surface area contributed by atoms with Crippen LogP contribution >= 0.6 is 0 Å². The topological polar surface area (TPSA) is 95.7 Å². The molecule has 0 fully saturated rings. The number of hydrogen-bond donors (Lipinski definition) is 0. The molecule has 0 aromatic heterocycles. The third kappa shape index (κ3) is 4.28. The highest BCUT2D eigenvalue weighted by Crippen LogP contribution is 2.33. The molecule has 0 aliphatic heterocycles. The maximum Gasteiger partial charge on any atom is 0.317 e. The highest BCUT2D eigenvalue weighted by Gasteiger charge is 2.39. The second kappa shape index (κ2) is 8.11. The maximum atomic E-state index is 12.1. The number of methoxy groups -OCH3 is 1. The summed E-state index contributed by atoms with van der Waals surface area (Å²) in [5, 5.41) is 11.0. The lowest BCUT2D eigenvalue weighted by atomic mass is 9.83. The molecule has 7 heteroatoms. The standard InChI is InChI=1S/C15H19NO6/c1-4-22-15(18)14(10(2)17)12(9-16(19)20)11-7-5-6-8-13(11)21-3/h5-8,12,14H,4,9H2,1-3H3/t12-,14+/m0/s1. The minimum Gasteiger partial charge on any atom is -0.496 e. The number of carbonyl (C=O) groups excluding carboxylic acids is 2. The monoisotopic (exact) mass is 309 g/mol. The van der Waals surface area contributed by atoms with Gasteiger partial charge >= 0.3 is 5.97 Å². The summed E-state index contributed by atoms with van der Waals surface area (Å²) in [5.74, 6) is -3.02. The molecule has 1 aromatic carbocycles. The van der Waals surface area contributed by atoms with E-state index < -0.39 is 35.1 Å². The van der Waals surface area contributed by atoms with Gasteiger partial charge in [0.2, 0.25) is 6.54 Å². The zero-order chi connectivity index (χ0) is 16.7. The van der Waals surface area contributed by atoms with Gasteiger partial charge in [0.15, 0.2) is 0 Å². The van der Waals surface area contributed by atoms with Gasteiger partial charge in [0.1, 0.15) is 17.5 Å². The zero-order valence-corrected chi connectivity index (χ0v) is 12.8. The fourth-order valence-electron chi connectivity index (χ4n) is 2.36. The van der Waals surface area contributed by atoms with Crippen LogP contribution in [-0.4, -0.2) is 36.9 Å². The second-order valence-corrected chi connectivity index (χ2v) is 4.70. The van der Waals surface area contributed by atoms with Crippen molar-refractivity contribution in [2.24, 2.45) is 5.92 Å². The Kier molecular flexibility index (Phi) is 6.49. The van der Waals surface area contributed by atoms with Crippen molar-refractivity contribution in [3.63, 3.8) is 0 Å². The van der Waals surface area contributed by atoms with Crippen LogP contribution in [0.25, 0.3) is 0 Å². The Bertz CT molecular complexity index is 557. The number of hydrogen-bond acceptors (Lipinski definition) is 6. The molecule has 0 unspecified atom stereocenters. The molecular formula is C15H19NO6. The van der Waals surface area contributed by atoms with Crippen LogP contribution in [0.2, 0.25) is 0 Å². The fraction of sp³-hybridized carbons (Fsp3) is 0.467. The minimum absolute atomic E-state index is 0.0969. The summed E-state index contributed by atoms with van der Waals surface area (Å²) < 4.78 is 10.1. The van der Waals surface area contributed by atoms with E-state index >= 15 is 0 Å². The minimum atomic E-state index is -1.23. The molecule has 0 aliphatic carbocycles. The van der Waals surface area contributed by atoms with Crippen molar-refractivity contribution in [2.45, 2.75) is 19.8 Å². The van der Waals surface area contributed by atoms with Crippen LogP contribution in [0, 0.1) is 16.0 Å². The maximum absolute atomic E-state index is 12.1. The summed E-state index contributed by atoms with van der Waals surface area (Å²) in [7, 11) is 1.43. The number of para-hydroxylation sites is 1. The average Bonchev–Trinajstić information content (AvgIpc) is 2.46.